The van der Waals surface area contributed by atoms with Crippen molar-refractivity contribution in [2.75, 3.05) is 31.1 Å². The minimum Gasteiger partial charge on any atom is -0.369 e. The van der Waals surface area contributed by atoms with Crippen LogP contribution in [0.25, 0.3) is 22.2 Å². The first-order valence-corrected chi connectivity index (χ1v) is 12.7. The number of rotatable bonds is 5. The number of aryl methyl sites for hydroxylation is 1. The van der Waals surface area contributed by atoms with E-state index in [0.717, 1.165) is 5.69 Å². The number of halogens is 1. The van der Waals surface area contributed by atoms with Gasteiger partial charge in [0.25, 0.3) is 5.89 Å². The molecule has 7 nitrogen and oxygen atoms in total. The summed E-state index contributed by atoms with van der Waals surface area (Å²) in [5.74, 6) is 0.200. The summed E-state index contributed by atoms with van der Waals surface area (Å²) >= 11 is 1.29. The number of para-hydroxylation sites is 1. The molecule has 0 aliphatic carbocycles. The van der Waals surface area contributed by atoms with Crippen molar-refractivity contribution in [1.29, 1.82) is 0 Å². The Balaban J connectivity index is 1.35. The Morgan fingerprint density at radius 2 is 1.70 bits per heavy atom. The second-order valence-corrected chi connectivity index (χ2v) is 10.9. The summed E-state index contributed by atoms with van der Waals surface area (Å²) in [5, 5.41) is 3.95. The monoisotopic (exact) mass is 484 g/mol. The third-order valence-corrected chi connectivity index (χ3v) is 8.78. The number of hydrogen-bond donors (Lipinski definition) is 0. The molecular weight excluding hydrogens is 463 g/mol. The standard InChI is InChI=1S/C23H21FN4O3S2/c1-16-21(33(29,30)28-13-11-27(12-14-28)19-5-3-2-4-6-19)15-20(32-16)23-25-22(26-31-23)17-7-9-18(24)10-8-17/h2-10,15H,11-14H2,1H3. The smallest absolute Gasteiger partial charge is 0.268 e. The van der Waals surface area contributed by atoms with E-state index in [1.54, 1.807) is 25.1 Å². The minimum absolute atomic E-state index is 0.234. The van der Waals surface area contributed by atoms with E-state index in [9.17, 15) is 12.8 Å². The third kappa shape index (κ3) is 4.29. The molecule has 1 saturated heterocycles. The lowest BCUT2D eigenvalue weighted by Gasteiger charge is -2.35. The maximum Gasteiger partial charge on any atom is 0.268 e. The van der Waals surface area contributed by atoms with Crippen LogP contribution in [0.4, 0.5) is 10.1 Å². The molecule has 0 radical (unpaired) electrons. The summed E-state index contributed by atoms with van der Waals surface area (Å²) in [7, 11) is -3.65. The summed E-state index contributed by atoms with van der Waals surface area (Å²) in [6, 6.07) is 17.4. The first kappa shape index (κ1) is 21.7. The molecular formula is C23H21FN4O3S2. The predicted molar refractivity (Wildman–Crippen MR) is 125 cm³/mol. The van der Waals surface area contributed by atoms with Crippen LogP contribution in [0.1, 0.15) is 4.88 Å². The van der Waals surface area contributed by atoms with E-state index in [2.05, 4.69) is 15.0 Å². The van der Waals surface area contributed by atoms with Crippen molar-refractivity contribution in [2.45, 2.75) is 11.8 Å². The number of hydrogen-bond acceptors (Lipinski definition) is 7. The molecule has 0 amide bonds. The summed E-state index contributed by atoms with van der Waals surface area (Å²) < 4.78 is 46.8. The van der Waals surface area contributed by atoms with Gasteiger partial charge in [0.15, 0.2) is 0 Å². The molecule has 3 heterocycles. The highest BCUT2D eigenvalue weighted by Gasteiger charge is 2.31. The maximum absolute atomic E-state index is 13.4. The first-order valence-electron chi connectivity index (χ1n) is 10.4. The van der Waals surface area contributed by atoms with Gasteiger partial charge in [-0.2, -0.15) is 9.29 Å². The number of nitrogens with zero attached hydrogens (tertiary/aromatic N) is 4. The highest BCUT2D eigenvalue weighted by atomic mass is 32.2. The molecule has 0 saturated carbocycles. The number of benzene rings is 2. The van der Waals surface area contributed by atoms with Crippen molar-refractivity contribution >= 4 is 27.0 Å². The van der Waals surface area contributed by atoms with Crippen LogP contribution in [0.3, 0.4) is 0 Å². The van der Waals surface area contributed by atoms with Gasteiger partial charge in [0.05, 0.1) is 9.77 Å². The Labute approximate surface area is 195 Å². The normalized spacial score (nSPS) is 15.2. The van der Waals surface area contributed by atoms with E-state index in [0.29, 0.717) is 47.3 Å². The molecule has 2 aromatic carbocycles. The second kappa shape index (κ2) is 8.69. The van der Waals surface area contributed by atoms with Gasteiger partial charge in [-0.1, -0.05) is 23.4 Å². The minimum atomic E-state index is -3.65. The molecule has 2 aromatic heterocycles. The van der Waals surface area contributed by atoms with E-state index >= 15 is 0 Å². The maximum atomic E-state index is 13.4. The number of sulfonamides is 1. The summed E-state index contributed by atoms with van der Waals surface area (Å²) in [6.07, 6.45) is 0. The zero-order valence-corrected chi connectivity index (χ0v) is 19.4. The average molecular weight is 485 g/mol. The van der Waals surface area contributed by atoms with Crippen LogP contribution in [0.2, 0.25) is 0 Å². The molecule has 33 heavy (non-hydrogen) atoms. The van der Waals surface area contributed by atoms with Gasteiger partial charge in [-0.25, -0.2) is 12.8 Å². The van der Waals surface area contributed by atoms with Crippen molar-refractivity contribution < 1.29 is 17.3 Å². The van der Waals surface area contributed by atoms with Crippen LogP contribution in [0.5, 0.6) is 0 Å². The van der Waals surface area contributed by atoms with Crippen molar-refractivity contribution in [3.8, 4) is 22.2 Å². The average Bonchev–Trinajstić information content (AvgIpc) is 3.48. The molecule has 4 aromatic rings. The number of anilines is 1. The molecule has 1 aliphatic heterocycles. The second-order valence-electron chi connectivity index (χ2n) is 7.69. The van der Waals surface area contributed by atoms with Gasteiger partial charge < -0.3 is 9.42 Å². The van der Waals surface area contributed by atoms with E-state index in [1.807, 2.05) is 30.3 Å². The van der Waals surface area contributed by atoms with Crippen molar-refractivity contribution in [1.82, 2.24) is 14.4 Å². The number of aromatic nitrogens is 2. The third-order valence-electron chi connectivity index (χ3n) is 5.59. The van der Waals surface area contributed by atoms with Crippen molar-refractivity contribution in [2.24, 2.45) is 0 Å². The Morgan fingerprint density at radius 1 is 1.00 bits per heavy atom. The molecule has 1 aliphatic rings. The van der Waals surface area contributed by atoms with Crippen LogP contribution in [-0.2, 0) is 10.0 Å². The van der Waals surface area contributed by atoms with Gasteiger partial charge >= 0.3 is 0 Å². The Bertz CT molecular complexity index is 1360. The van der Waals surface area contributed by atoms with Crippen LogP contribution in [0, 0.1) is 12.7 Å². The molecule has 10 heteroatoms. The van der Waals surface area contributed by atoms with E-state index in [-0.39, 0.29) is 16.6 Å². The van der Waals surface area contributed by atoms with Crippen LogP contribution < -0.4 is 4.90 Å². The lowest BCUT2D eigenvalue weighted by molar-refractivity contribution is 0.385. The topological polar surface area (TPSA) is 79.5 Å². The quantitative estimate of drug-likeness (QED) is 0.417. The molecule has 0 spiro atoms. The van der Waals surface area contributed by atoms with Gasteiger partial charge in [0, 0.05) is 42.3 Å². The largest absolute Gasteiger partial charge is 0.369 e. The summed E-state index contributed by atoms with van der Waals surface area (Å²) in [4.78, 5) is 8.06. The fourth-order valence-corrected chi connectivity index (χ4v) is 6.74. The summed E-state index contributed by atoms with van der Waals surface area (Å²) in [6.45, 7) is 3.86. The molecule has 1 fully saturated rings. The van der Waals surface area contributed by atoms with Crippen LogP contribution >= 0.6 is 11.3 Å². The fourth-order valence-electron chi connectivity index (χ4n) is 3.83. The van der Waals surface area contributed by atoms with E-state index in [4.69, 9.17) is 4.52 Å². The number of thiophene rings is 1. The van der Waals surface area contributed by atoms with Gasteiger partial charge in [0.2, 0.25) is 15.8 Å². The van der Waals surface area contributed by atoms with E-state index in [1.165, 1.54) is 27.8 Å². The van der Waals surface area contributed by atoms with Crippen LogP contribution in [0.15, 0.2) is 70.1 Å². The van der Waals surface area contributed by atoms with E-state index < -0.39 is 10.0 Å². The van der Waals surface area contributed by atoms with Gasteiger partial charge in [-0.3, -0.25) is 0 Å². The lowest BCUT2D eigenvalue weighted by atomic mass is 10.2. The molecule has 5 rings (SSSR count). The molecule has 0 atom stereocenters. The summed E-state index contributed by atoms with van der Waals surface area (Å²) in [5.41, 5.74) is 1.71. The SMILES string of the molecule is Cc1sc(-c2nc(-c3ccc(F)cc3)no2)cc1S(=O)(=O)N1CCN(c2ccccc2)CC1. The Kier molecular flexibility index (Phi) is 5.73. The fraction of sp³-hybridized carbons (Fsp3) is 0.217. The van der Waals surface area contributed by atoms with Crippen LogP contribution in [-0.4, -0.2) is 49.0 Å². The van der Waals surface area contributed by atoms with Crippen molar-refractivity contribution in [3.05, 3.63) is 71.4 Å². The number of piperazine rings is 1. The molecule has 0 N–H and O–H groups in total. The van der Waals surface area contributed by atoms with Crippen molar-refractivity contribution in [3.63, 3.8) is 0 Å². The molecule has 0 unspecified atom stereocenters. The zero-order chi connectivity index (χ0) is 23.0. The Hall–Kier alpha value is -3.08. The van der Waals surface area contributed by atoms with Gasteiger partial charge in [-0.15, -0.1) is 11.3 Å². The Morgan fingerprint density at radius 3 is 2.39 bits per heavy atom. The highest BCUT2D eigenvalue weighted by Crippen LogP contribution is 2.35. The van der Waals surface area contributed by atoms with Gasteiger partial charge in [0.1, 0.15) is 5.82 Å². The predicted octanol–water partition coefficient (Wildman–Crippen LogP) is 4.42. The zero-order valence-electron chi connectivity index (χ0n) is 17.8. The lowest BCUT2D eigenvalue weighted by Crippen LogP contribution is -2.48. The first-order chi connectivity index (χ1) is 15.9. The molecule has 170 valence electrons. The van der Waals surface area contributed by atoms with Gasteiger partial charge in [-0.05, 0) is 49.4 Å². The molecule has 0 bridgehead atoms. The highest BCUT2D eigenvalue weighted by molar-refractivity contribution is 7.89.